The van der Waals surface area contributed by atoms with Crippen molar-refractivity contribution in [2.24, 2.45) is 5.92 Å². The molecular formula is C13H16N2O2S. The summed E-state index contributed by atoms with van der Waals surface area (Å²) in [5.41, 5.74) is 1.52. The van der Waals surface area contributed by atoms with E-state index < -0.39 is 0 Å². The Balaban J connectivity index is 1.97. The number of aromatic nitrogens is 2. The number of hydrogen-bond donors (Lipinski definition) is 2. The molecule has 18 heavy (non-hydrogen) atoms. The molecule has 5 heteroatoms. The maximum atomic E-state index is 11.9. The average Bonchev–Trinajstić information content (AvgIpc) is 2.67. The summed E-state index contributed by atoms with van der Waals surface area (Å²) in [6.07, 6.45) is 2.42. The molecule has 2 aromatic rings. The van der Waals surface area contributed by atoms with E-state index in [0.717, 1.165) is 23.3 Å². The maximum Gasteiger partial charge on any atom is 0.326 e. The third kappa shape index (κ3) is 2.14. The lowest BCUT2D eigenvalue weighted by molar-refractivity contribution is 0.445. The summed E-state index contributed by atoms with van der Waals surface area (Å²) in [4.78, 5) is 14.8. The van der Waals surface area contributed by atoms with Gasteiger partial charge in [-0.3, -0.25) is 4.57 Å². The predicted molar refractivity (Wildman–Crippen MR) is 74.3 cm³/mol. The SMILES string of the molecule is O=c1[nH]c2ccc(O)cc2n1CC1CCCSC1. The number of aromatic hydroxyl groups is 1. The molecule has 1 saturated heterocycles. The molecule has 2 N–H and O–H groups in total. The fourth-order valence-corrected chi connectivity index (χ4v) is 3.67. The molecule has 3 rings (SSSR count). The number of H-pyrrole nitrogens is 1. The van der Waals surface area contributed by atoms with Crippen LogP contribution in [0.15, 0.2) is 23.0 Å². The normalized spacial score (nSPS) is 20.3. The molecule has 0 amide bonds. The van der Waals surface area contributed by atoms with Gasteiger partial charge in [0.25, 0.3) is 0 Å². The van der Waals surface area contributed by atoms with Crippen LogP contribution in [0.5, 0.6) is 5.75 Å². The van der Waals surface area contributed by atoms with Crippen molar-refractivity contribution in [2.45, 2.75) is 19.4 Å². The Morgan fingerprint density at radius 2 is 2.39 bits per heavy atom. The minimum atomic E-state index is -0.0776. The van der Waals surface area contributed by atoms with Gasteiger partial charge < -0.3 is 10.1 Å². The Hall–Kier alpha value is -1.36. The molecule has 1 fully saturated rings. The molecule has 0 aliphatic carbocycles. The van der Waals surface area contributed by atoms with Crippen molar-refractivity contribution in [1.29, 1.82) is 0 Å². The first-order valence-corrected chi connectivity index (χ1v) is 7.39. The highest BCUT2D eigenvalue weighted by Gasteiger charge is 2.17. The number of phenolic OH excluding ortho intramolecular Hbond substituents is 1. The zero-order chi connectivity index (χ0) is 12.5. The number of imidazole rings is 1. The summed E-state index contributed by atoms with van der Waals surface area (Å²) in [7, 11) is 0. The number of fused-ring (bicyclic) bond motifs is 1. The molecule has 1 aromatic heterocycles. The van der Waals surface area contributed by atoms with Crippen LogP contribution in [0.3, 0.4) is 0 Å². The quantitative estimate of drug-likeness (QED) is 0.874. The Bertz CT molecular complexity index is 611. The molecular weight excluding hydrogens is 248 g/mol. The molecule has 0 radical (unpaired) electrons. The molecule has 0 saturated carbocycles. The van der Waals surface area contributed by atoms with Crippen LogP contribution in [0.25, 0.3) is 11.0 Å². The smallest absolute Gasteiger partial charge is 0.326 e. The summed E-state index contributed by atoms with van der Waals surface area (Å²) >= 11 is 1.96. The van der Waals surface area contributed by atoms with Gasteiger partial charge in [-0.05, 0) is 42.4 Å². The molecule has 0 bridgehead atoms. The number of nitrogens with one attached hydrogen (secondary N) is 1. The minimum absolute atomic E-state index is 0.0776. The second kappa shape index (κ2) is 4.72. The van der Waals surface area contributed by atoms with E-state index in [1.165, 1.54) is 18.6 Å². The lowest BCUT2D eigenvalue weighted by atomic mass is 10.1. The summed E-state index contributed by atoms with van der Waals surface area (Å²) in [6, 6.07) is 5.00. The largest absolute Gasteiger partial charge is 0.508 e. The second-order valence-corrected chi connectivity index (χ2v) is 5.98. The van der Waals surface area contributed by atoms with Crippen LogP contribution in [-0.4, -0.2) is 26.2 Å². The second-order valence-electron chi connectivity index (χ2n) is 4.83. The number of thioether (sulfide) groups is 1. The molecule has 96 valence electrons. The number of aromatic amines is 1. The van der Waals surface area contributed by atoms with Crippen LogP contribution in [0.4, 0.5) is 0 Å². The maximum absolute atomic E-state index is 11.9. The highest BCUT2D eigenvalue weighted by Crippen LogP contribution is 2.25. The van der Waals surface area contributed by atoms with Gasteiger partial charge >= 0.3 is 5.69 Å². The van der Waals surface area contributed by atoms with Crippen molar-refractivity contribution < 1.29 is 5.11 Å². The Kier molecular flexibility index (Phi) is 3.07. The van der Waals surface area contributed by atoms with E-state index in [-0.39, 0.29) is 11.4 Å². The van der Waals surface area contributed by atoms with Crippen molar-refractivity contribution in [3.8, 4) is 5.75 Å². The lowest BCUT2D eigenvalue weighted by Crippen LogP contribution is -2.24. The van der Waals surface area contributed by atoms with Crippen molar-refractivity contribution >= 4 is 22.8 Å². The van der Waals surface area contributed by atoms with Gasteiger partial charge in [-0.1, -0.05) is 0 Å². The van der Waals surface area contributed by atoms with E-state index in [4.69, 9.17) is 0 Å². The van der Waals surface area contributed by atoms with Crippen LogP contribution in [0.2, 0.25) is 0 Å². The topological polar surface area (TPSA) is 58.0 Å². The first-order chi connectivity index (χ1) is 8.74. The van der Waals surface area contributed by atoms with Crippen LogP contribution in [0, 0.1) is 5.92 Å². The molecule has 0 spiro atoms. The van der Waals surface area contributed by atoms with Gasteiger partial charge in [-0.25, -0.2) is 4.79 Å². The zero-order valence-electron chi connectivity index (χ0n) is 10.1. The van der Waals surface area contributed by atoms with Gasteiger partial charge in [-0.2, -0.15) is 11.8 Å². The average molecular weight is 264 g/mol. The van der Waals surface area contributed by atoms with Crippen LogP contribution in [-0.2, 0) is 6.54 Å². The third-order valence-electron chi connectivity index (χ3n) is 3.45. The Morgan fingerprint density at radius 1 is 1.50 bits per heavy atom. The highest BCUT2D eigenvalue weighted by molar-refractivity contribution is 7.99. The van der Waals surface area contributed by atoms with Gasteiger partial charge in [0, 0.05) is 12.6 Å². The third-order valence-corrected chi connectivity index (χ3v) is 4.74. The number of rotatable bonds is 2. The van der Waals surface area contributed by atoms with Crippen molar-refractivity contribution in [3.05, 3.63) is 28.7 Å². The van der Waals surface area contributed by atoms with Crippen LogP contribution < -0.4 is 5.69 Å². The van der Waals surface area contributed by atoms with Crippen molar-refractivity contribution in [1.82, 2.24) is 9.55 Å². The molecule has 4 nitrogen and oxygen atoms in total. The molecule has 1 aliphatic heterocycles. The molecule has 1 aliphatic rings. The van der Waals surface area contributed by atoms with Gasteiger partial charge in [0.05, 0.1) is 11.0 Å². The van der Waals surface area contributed by atoms with Crippen LogP contribution in [0.1, 0.15) is 12.8 Å². The van der Waals surface area contributed by atoms with Crippen molar-refractivity contribution in [3.63, 3.8) is 0 Å². The summed E-state index contributed by atoms with van der Waals surface area (Å²) in [6.45, 7) is 0.745. The number of phenols is 1. The Labute approximate surface area is 109 Å². The first kappa shape index (κ1) is 11.7. The van der Waals surface area contributed by atoms with Crippen LogP contribution >= 0.6 is 11.8 Å². The van der Waals surface area contributed by atoms with E-state index in [0.29, 0.717) is 5.92 Å². The number of hydrogen-bond acceptors (Lipinski definition) is 3. The molecule has 2 heterocycles. The van der Waals surface area contributed by atoms with E-state index in [1.807, 2.05) is 11.8 Å². The summed E-state index contributed by atoms with van der Waals surface area (Å²) < 4.78 is 1.76. The zero-order valence-corrected chi connectivity index (χ0v) is 10.9. The van der Waals surface area contributed by atoms with Crippen molar-refractivity contribution in [2.75, 3.05) is 11.5 Å². The van der Waals surface area contributed by atoms with Gasteiger partial charge in [0.1, 0.15) is 5.75 Å². The molecule has 1 unspecified atom stereocenters. The molecule has 1 atom stereocenters. The van der Waals surface area contributed by atoms with E-state index in [2.05, 4.69) is 4.98 Å². The number of nitrogens with zero attached hydrogens (tertiary/aromatic N) is 1. The molecule has 1 aromatic carbocycles. The summed E-state index contributed by atoms with van der Waals surface area (Å²) in [5, 5.41) is 9.54. The fraction of sp³-hybridized carbons (Fsp3) is 0.462. The van der Waals surface area contributed by atoms with Gasteiger partial charge in [0.15, 0.2) is 0 Å². The first-order valence-electron chi connectivity index (χ1n) is 6.23. The standard InChI is InChI=1S/C13H16N2O2S/c16-10-3-4-11-12(6-10)15(13(17)14-11)7-9-2-1-5-18-8-9/h3-4,6,9,16H,1-2,5,7-8H2,(H,14,17). The van der Waals surface area contributed by atoms with E-state index in [1.54, 1.807) is 22.8 Å². The van der Waals surface area contributed by atoms with Gasteiger partial charge in [0.2, 0.25) is 0 Å². The number of benzene rings is 1. The monoisotopic (exact) mass is 264 g/mol. The van der Waals surface area contributed by atoms with E-state index >= 15 is 0 Å². The van der Waals surface area contributed by atoms with E-state index in [9.17, 15) is 9.90 Å². The highest BCUT2D eigenvalue weighted by atomic mass is 32.2. The fourth-order valence-electron chi connectivity index (χ4n) is 2.53. The summed E-state index contributed by atoms with van der Waals surface area (Å²) in [5.74, 6) is 3.12. The Morgan fingerprint density at radius 3 is 3.17 bits per heavy atom. The predicted octanol–water partition coefficient (Wildman–Crippen LogP) is 2.18. The lowest BCUT2D eigenvalue weighted by Gasteiger charge is -2.21. The minimum Gasteiger partial charge on any atom is -0.508 e. The van der Waals surface area contributed by atoms with Gasteiger partial charge in [-0.15, -0.1) is 0 Å².